The molecule has 2 aromatic rings. The average Bonchev–Trinajstić information content (AvgIpc) is 2.57. The van der Waals surface area contributed by atoms with Crippen molar-refractivity contribution in [2.45, 2.75) is 4.90 Å². The number of ether oxygens (including phenoxy) is 1. The largest absolute Gasteiger partial charge is 0.494 e. The summed E-state index contributed by atoms with van der Waals surface area (Å²) in [5.41, 5.74) is 0.259. The van der Waals surface area contributed by atoms with E-state index in [1.807, 2.05) is 0 Å². The molecule has 0 saturated heterocycles. The van der Waals surface area contributed by atoms with Gasteiger partial charge in [-0.2, -0.15) is 4.31 Å². The van der Waals surface area contributed by atoms with E-state index in [1.54, 1.807) is 18.2 Å². The van der Waals surface area contributed by atoms with Crippen molar-refractivity contribution in [3.63, 3.8) is 0 Å². The van der Waals surface area contributed by atoms with Crippen molar-refractivity contribution in [2.24, 2.45) is 0 Å². The van der Waals surface area contributed by atoms with Gasteiger partial charge in [-0.1, -0.05) is 18.2 Å². The minimum atomic E-state index is -3.77. The smallest absolute Gasteiger partial charge is 0.243 e. The number of nitrogens with one attached hydrogen (secondary N) is 1. The Kier molecular flexibility index (Phi) is 5.53. The van der Waals surface area contributed by atoms with Gasteiger partial charge in [-0.25, -0.2) is 12.8 Å². The molecule has 0 aliphatic rings. The number of hydrogen-bond donors (Lipinski definition) is 1. The van der Waals surface area contributed by atoms with Crippen LogP contribution in [0.15, 0.2) is 53.4 Å². The quantitative estimate of drug-likeness (QED) is 0.864. The Balaban J connectivity index is 2.10. The van der Waals surface area contributed by atoms with Crippen LogP contribution in [0.3, 0.4) is 0 Å². The van der Waals surface area contributed by atoms with E-state index in [4.69, 9.17) is 4.74 Å². The summed E-state index contributed by atoms with van der Waals surface area (Å²) in [4.78, 5) is 12.2. The van der Waals surface area contributed by atoms with E-state index in [1.165, 1.54) is 38.4 Å². The van der Waals surface area contributed by atoms with Crippen molar-refractivity contribution < 1.29 is 22.3 Å². The van der Waals surface area contributed by atoms with E-state index in [0.29, 0.717) is 0 Å². The number of likely N-dealkylation sites (N-methyl/N-ethyl adjacent to an activating group) is 1. The van der Waals surface area contributed by atoms with E-state index in [9.17, 15) is 17.6 Å². The van der Waals surface area contributed by atoms with Gasteiger partial charge in [0.2, 0.25) is 15.9 Å². The number of sulfonamides is 1. The van der Waals surface area contributed by atoms with Crippen molar-refractivity contribution in [2.75, 3.05) is 26.0 Å². The Morgan fingerprint density at radius 1 is 1.21 bits per heavy atom. The molecule has 0 aliphatic carbocycles. The second kappa shape index (κ2) is 7.41. The second-order valence-electron chi connectivity index (χ2n) is 4.97. The zero-order valence-electron chi connectivity index (χ0n) is 13.2. The number of amides is 1. The summed E-state index contributed by atoms with van der Waals surface area (Å²) in [6.07, 6.45) is 0. The molecule has 0 spiro atoms. The van der Waals surface area contributed by atoms with Gasteiger partial charge in [0.1, 0.15) is 11.6 Å². The standard InChI is InChI=1S/C16H17FN2O4S/c1-19(24(21,22)13-6-4-3-5-7-13)11-16(20)18-14-9-8-12(17)10-15(14)23-2/h3-10H,11H2,1-2H3,(H,18,20). The fourth-order valence-electron chi connectivity index (χ4n) is 2.02. The predicted octanol–water partition coefficient (Wildman–Crippen LogP) is 2.09. The van der Waals surface area contributed by atoms with Gasteiger partial charge in [0.15, 0.2) is 0 Å². The minimum Gasteiger partial charge on any atom is -0.494 e. The highest BCUT2D eigenvalue weighted by molar-refractivity contribution is 7.89. The molecule has 0 saturated carbocycles. The molecule has 6 nitrogen and oxygen atoms in total. The Labute approximate surface area is 139 Å². The lowest BCUT2D eigenvalue weighted by molar-refractivity contribution is -0.116. The van der Waals surface area contributed by atoms with Gasteiger partial charge in [0, 0.05) is 13.1 Å². The number of hydrogen-bond acceptors (Lipinski definition) is 4. The minimum absolute atomic E-state index is 0.0969. The first-order valence-electron chi connectivity index (χ1n) is 6.99. The zero-order valence-corrected chi connectivity index (χ0v) is 14.0. The fourth-order valence-corrected chi connectivity index (χ4v) is 3.17. The third kappa shape index (κ3) is 4.09. The molecule has 2 aromatic carbocycles. The van der Waals surface area contributed by atoms with Gasteiger partial charge in [0.25, 0.3) is 0 Å². The van der Waals surface area contributed by atoms with Crippen LogP contribution in [0.2, 0.25) is 0 Å². The van der Waals surface area contributed by atoms with Crippen LogP contribution >= 0.6 is 0 Å². The molecule has 1 amide bonds. The maximum absolute atomic E-state index is 13.1. The van der Waals surface area contributed by atoms with E-state index in [0.717, 1.165) is 10.4 Å². The normalized spacial score (nSPS) is 11.3. The molecule has 1 N–H and O–H groups in total. The first kappa shape index (κ1) is 17.9. The lowest BCUT2D eigenvalue weighted by Crippen LogP contribution is -2.35. The molecule has 8 heteroatoms. The highest BCUT2D eigenvalue weighted by atomic mass is 32.2. The number of nitrogens with zero attached hydrogens (tertiary/aromatic N) is 1. The molecular weight excluding hydrogens is 335 g/mol. The van der Waals surface area contributed by atoms with Gasteiger partial charge in [-0.05, 0) is 24.3 Å². The molecule has 2 rings (SSSR count). The highest BCUT2D eigenvalue weighted by Crippen LogP contribution is 2.25. The van der Waals surface area contributed by atoms with Gasteiger partial charge in [-0.3, -0.25) is 4.79 Å². The van der Waals surface area contributed by atoms with Crippen LogP contribution in [-0.2, 0) is 14.8 Å². The molecule has 0 aromatic heterocycles. The van der Waals surface area contributed by atoms with Gasteiger partial charge >= 0.3 is 0 Å². The first-order valence-corrected chi connectivity index (χ1v) is 8.43. The second-order valence-corrected chi connectivity index (χ2v) is 7.01. The number of anilines is 1. The van der Waals surface area contributed by atoms with Crippen LogP contribution in [0.5, 0.6) is 5.75 Å². The Hall–Kier alpha value is -2.45. The molecule has 0 bridgehead atoms. The molecule has 128 valence electrons. The number of rotatable bonds is 6. The van der Waals surface area contributed by atoms with Crippen molar-refractivity contribution >= 4 is 21.6 Å². The molecule has 0 aliphatic heterocycles. The summed E-state index contributed by atoms with van der Waals surface area (Å²) >= 11 is 0. The van der Waals surface area contributed by atoms with E-state index in [2.05, 4.69) is 5.32 Å². The predicted molar refractivity (Wildman–Crippen MR) is 87.8 cm³/mol. The summed E-state index contributed by atoms with van der Waals surface area (Å²) in [6, 6.07) is 11.4. The number of halogens is 1. The maximum atomic E-state index is 13.1. The molecule has 0 unspecified atom stereocenters. The zero-order chi connectivity index (χ0) is 17.7. The van der Waals surface area contributed by atoms with Crippen LogP contribution in [-0.4, -0.2) is 39.3 Å². The highest BCUT2D eigenvalue weighted by Gasteiger charge is 2.23. The molecular formula is C16H17FN2O4S. The number of carbonyl (C=O) groups excluding carboxylic acids is 1. The summed E-state index contributed by atoms with van der Waals surface area (Å²) in [7, 11) is -1.11. The third-order valence-electron chi connectivity index (χ3n) is 3.26. The van der Waals surface area contributed by atoms with Gasteiger partial charge in [-0.15, -0.1) is 0 Å². The SMILES string of the molecule is COc1cc(F)ccc1NC(=O)CN(C)S(=O)(=O)c1ccccc1. The Morgan fingerprint density at radius 3 is 2.50 bits per heavy atom. The number of carbonyl (C=O) groups is 1. The van der Waals surface area contributed by atoms with Crippen molar-refractivity contribution in [3.8, 4) is 5.75 Å². The van der Waals surface area contributed by atoms with Crippen LogP contribution in [0, 0.1) is 5.82 Å². The molecule has 0 radical (unpaired) electrons. The molecule has 0 heterocycles. The monoisotopic (exact) mass is 352 g/mol. The third-order valence-corrected chi connectivity index (χ3v) is 5.07. The summed E-state index contributed by atoms with van der Waals surface area (Å²) < 4.78 is 43.8. The van der Waals surface area contributed by atoms with Crippen molar-refractivity contribution in [1.82, 2.24) is 4.31 Å². The molecule has 24 heavy (non-hydrogen) atoms. The van der Waals surface area contributed by atoms with Gasteiger partial charge in [0.05, 0.1) is 24.2 Å². The summed E-state index contributed by atoms with van der Waals surface area (Å²) in [6.45, 7) is -0.391. The van der Waals surface area contributed by atoms with Crippen LogP contribution in [0.1, 0.15) is 0 Å². The topological polar surface area (TPSA) is 75.7 Å². The van der Waals surface area contributed by atoms with Crippen LogP contribution in [0.4, 0.5) is 10.1 Å². The fraction of sp³-hybridized carbons (Fsp3) is 0.188. The van der Waals surface area contributed by atoms with E-state index >= 15 is 0 Å². The number of benzene rings is 2. The van der Waals surface area contributed by atoms with Crippen molar-refractivity contribution in [3.05, 3.63) is 54.3 Å². The van der Waals surface area contributed by atoms with Crippen LogP contribution < -0.4 is 10.1 Å². The average molecular weight is 352 g/mol. The van der Waals surface area contributed by atoms with Gasteiger partial charge < -0.3 is 10.1 Å². The first-order chi connectivity index (χ1) is 11.3. The van der Waals surface area contributed by atoms with Crippen molar-refractivity contribution in [1.29, 1.82) is 0 Å². The Bertz CT molecular complexity index is 825. The van der Waals surface area contributed by atoms with Crippen LogP contribution in [0.25, 0.3) is 0 Å². The van der Waals surface area contributed by atoms with E-state index in [-0.39, 0.29) is 16.3 Å². The van der Waals surface area contributed by atoms with E-state index < -0.39 is 28.3 Å². The summed E-state index contributed by atoms with van der Waals surface area (Å²) in [5.74, 6) is -0.924. The summed E-state index contributed by atoms with van der Waals surface area (Å²) in [5, 5.41) is 2.51. The maximum Gasteiger partial charge on any atom is 0.243 e. The lowest BCUT2D eigenvalue weighted by Gasteiger charge is -2.17. The molecule has 0 atom stereocenters. The Morgan fingerprint density at radius 2 is 1.88 bits per heavy atom. The number of methoxy groups -OCH3 is 1. The lowest BCUT2D eigenvalue weighted by atomic mass is 10.3. The molecule has 0 fully saturated rings.